The molecular weight excluding hydrogens is 316 g/mol. The molecule has 2 aromatic heterocycles. The van der Waals surface area contributed by atoms with E-state index in [1.54, 1.807) is 28.8 Å². The van der Waals surface area contributed by atoms with Gasteiger partial charge in [-0.05, 0) is 31.0 Å². The number of hydrogen-bond acceptors (Lipinski definition) is 5. The van der Waals surface area contributed by atoms with Gasteiger partial charge in [0.15, 0.2) is 0 Å². The molecule has 0 saturated heterocycles. The predicted octanol–water partition coefficient (Wildman–Crippen LogP) is 2.82. The Morgan fingerprint density at radius 2 is 2.09 bits per heavy atom. The Bertz CT molecular complexity index is 720. The lowest BCUT2D eigenvalue weighted by atomic mass is 10.2. The second kappa shape index (κ2) is 6.72. The molecule has 1 aliphatic carbocycles. The van der Waals surface area contributed by atoms with Gasteiger partial charge in [0, 0.05) is 12.1 Å². The first-order valence-corrected chi connectivity index (χ1v) is 9.09. The summed E-state index contributed by atoms with van der Waals surface area (Å²) in [6.45, 7) is 0.242. The van der Waals surface area contributed by atoms with E-state index in [1.807, 2.05) is 0 Å². The molecule has 0 radical (unpaired) electrons. The lowest BCUT2D eigenvalue weighted by Crippen LogP contribution is -2.38. The van der Waals surface area contributed by atoms with E-state index in [1.165, 1.54) is 19.4 Å². The van der Waals surface area contributed by atoms with Gasteiger partial charge in [0.05, 0.1) is 26.1 Å². The minimum absolute atomic E-state index is 0.00667. The zero-order valence-electron chi connectivity index (χ0n) is 13.0. The molecule has 1 aliphatic rings. The monoisotopic (exact) mass is 336 g/mol. The normalized spacial score (nSPS) is 16.1. The number of aromatic nitrogens is 1. The van der Waals surface area contributed by atoms with Crippen LogP contribution in [0.1, 0.15) is 31.4 Å². The van der Waals surface area contributed by atoms with Gasteiger partial charge >= 0.3 is 0 Å². The number of sulfonamides is 1. The van der Waals surface area contributed by atoms with Crippen molar-refractivity contribution in [2.24, 2.45) is 0 Å². The molecule has 124 valence electrons. The van der Waals surface area contributed by atoms with Crippen molar-refractivity contribution in [2.75, 3.05) is 7.11 Å². The van der Waals surface area contributed by atoms with Crippen LogP contribution in [0.25, 0.3) is 0 Å². The molecule has 0 aliphatic heterocycles. The van der Waals surface area contributed by atoms with Gasteiger partial charge in [-0.3, -0.25) is 0 Å². The fraction of sp³-hybridized carbons (Fsp3) is 0.438. The van der Waals surface area contributed by atoms with Crippen molar-refractivity contribution < 1.29 is 17.6 Å². The molecule has 0 unspecified atom stereocenters. The highest BCUT2D eigenvalue weighted by molar-refractivity contribution is 7.89. The average Bonchev–Trinajstić information content (AvgIpc) is 3.26. The molecule has 0 bridgehead atoms. The first-order valence-electron chi connectivity index (χ1n) is 7.65. The van der Waals surface area contributed by atoms with Crippen LogP contribution in [0.2, 0.25) is 0 Å². The van der Waals surface area contributed by atoms with E-state index in [0.29, 0.717) is 11.6 Å². The summed E-state index contributed by atoms with van der Waals surface area (Å²) in [5.74, 6) is 1.03. The van der Waals surface area contributed by atoms with Gasteiger partial charge in [0.25, 0.3) is 0 Å². The van der Waals surface area contributed by atoms with Crippen LogP contribution in [0.15, 0.2) is 46.0 Å². The Morgan fingerprint density at radius 1 is 1.30 bits per heavy atom. The fourth-order valence-corrected chi connectivity index (χ4v) is 4.53. The van der Waals surface area contributed by atoms with E-state index in [2.05, 4.69) is 4.98 Å². The zero-order chi connectivity index (χ0) is 16.3. The van der Waals surface area contributed by atoms with Crippen LogP contribution in [0.3, 0.4) is 0 Å². The standard InChI is InChI=1S/C16H20N2O4S/c1-21-16-9-8-15(11-17-16)23(19,20)18(13-5-2-3-6-13)12-14-7-4-10-22-14/h4,7-11,13H,2-3,5-6,12H2,1H3. The molecule has 23 heavy (non-hydrogen) atoms. The number of hydrogen-bond donors (Lipinski definition) is 0. The smallest absolute Gasteiger partial charge is 0.245 e. The molecule has 0 atom stereocenters. The van der Waals surface area contributed by atoms with Crippen molar-refractivity contribution in [2.45, 2.75) is 43.2 Å². The van der Waals surface area contributed by atoms with E-state index in [4.69, 9.17) is 9.15 Å². The number of nitrogens with zero attached hydrogens (tertiary/aromatic N) is 2. The highest BCUT2D eigenvalue weighted by Gasteiger charge is 2.34. The minimum atomic E-state index is -3.63. The molecule has 2 heterocycles. The third kappa shape index (κ3) is 3.40. The largest absolute Gasteiger partial charge is 0.481 e. The lowest BCUT2D eigenvalue weighted by Gasteiger charge is -2.27. The van der Waals surface area contributed by atoms with Crippen LogP contribution < -0.4 is 4.74 Å². The highest BCUT2D eigenvalue weighted by Crippen LogP contribution is 2.30. The minimum Gasteiger partial charge on any atom is -0.481 e. The van der Waals surface area contributed by atoms with Crippen LogP contribution in [0, 0.1) is 0 Å². The van der Waals surface area contributed by atoms with Gasteiger partial charge in [0.2, 0.25) is 15.9 Å². The Balaban J connectivity index is 1.92. The first kappa shape index (κ1) is 16.0. The number of ether oxygens (including phenoxy) is 1. The maximum atomic E-state index is 13.0. The van der Waals surface area contributed by atoms with Crippen molar-refractivity contribution in [3.63, 3.8) is 0 Å². The molecule has 7 heteroatoms. The van der Waals surface area contributed by atoms with Crippen LogP contribution in [-0.2, 0) is 16.6 Å². The van der Waals surface area contributed by atoms with Gasteiger partial charge in [-0.1, -0.05) is 12.8 Å². The molecular formula is C16H20N2O4S. The summed E-state index contributed by atoms with van der Waals surface area (Å²) < 4.78 is 38.0. The third-order valence-corrected chi connectivity index (χ3v) is 6.03. The summed E-state index contributed by atoms with van der Waals surface area (Å²) in [5.41, 5.74) is 0. The van der Waals surface area contributed by atoms with E-state index >= 15 is 0 Å². The van der Waals surface area contributed by atoms with Crippen molar-refractivity contribution in [3.05, 3.63) is 42.5 Å². The second-order valence-electron chi connectivity index (χ2n) is 5.60. The van der Waals surface area contributed by atoms with Crippen molar-refractivity contribution in [3.8, 4) is 5.88 Å². The van der Waals surface area contributed by atoms with Gasteiger partial charge in [-0.2, -0.15) is 4.31 Å². The van der Waals surface area contributed by atoms with Crippen LogP contribution in [0.5, 0.6) is 5.88 Å². The SMILES string of the molecule is COc1ccc(S(=O)(=O)N(Cc2ccco2)C2CCCC2)cn1. The lowest BCUT2D eigenvalue weighted by molar-refractivity contribution is 0.292. The maximum absolute atomic E-state index is 13.0. The predicted molar refractivity (Wildman–Crippen MR) is 84.5 cm³/mol. The van der Waals surface area contributed by atoms with Crippen LogP contribution in [0.4, 0.5) is 0 Å². The Hall–Kier alpha value is -1.86. The Labute approximate surface area is 136 Å². The highest BCUT2D eigenvalue weighted by atomic mass is 32.2. The summed E-state index contributed by atoms with van der Waals surface area (Å²) in [6, 6.07) is 6.66. The molecule has 6 nitrogen and oxygen atoms in total. The Morgan fingerprint density at radius 3 is 2.65 bits per heavy atom. The molecule has 0 aromatic carbocycles. The zero-order valence-corrected chi connectivity index (χ0v) is 13.8. The van der Waals surface area contributed by atoms with Gasteiger partial charge < -0.3 is 9.15 Å². The summed E-state index contributed by atoms with van der Waals surface area (Å²) in [5, 5.41) is 0. The summed E-state index contributed by atoms with van der Waals surface area (Å²) in [6.07, 6.45) is 6.76. The summed E-state index contributed by atoms with van der Waals surface area (Å²) in [7, 11) is -2.13. The average molecular weight is 336 g/mol. The van der Waals surface area contributed by atoms with E-state index in [0.717, 1.165) is 25.7 Å². The van der Waals surface area contributed by atoms with E-state index < -0.39 is 10.0 Å². The third-order valence-electron chi connectivity index (χ3n) is 4.15. The van der Waals surface area contributed by atoms with Crippen molar-refractivity contribution in [1.29, 1.82) is 0 Å². The van der Waals surface area contributed by atoms with Gasteiger partial charge in [-0.25, -0.2) is 13.4 Å². The Kier molecular flexibility index (Phi) is 4.68. The van der Waals surface area contributed by atoms with Crippen molar-refractivity contribution >= 4 is 10.0 Å². The van der Waals surface area contributed by atoms with E-state index in [9.17, 15) is 8.42 Å². The van der Waals surface area contributed by atoms with E-state index in [-0.39, 0.29) is 17.5 Å². The second-order valence-corrected chi connectivity index (χ2v) is 7.49. The van der Waals surface area contributed by atoms with Crippen LogP contribution >= 0.6 is 0 Å². The van der Waals surface area contributed by atoms with Gasteiger partial charge in [-0.15, -0.1) is 0 Å². The molecule has 0 spiro atoms. The van der Waals surface area contributed by atoms with Gasteiger partial charge in [0.1, 0.15) is 10.7 Å². The fourth-order valence-electron chi connectivity index (χ4n) is 2.93. The van der Waals surface area contributed by atoms with Crippen LogP contribution in [-0.4, -0.2) is 30.9 Å². The molecule has 3 rings (SSSR count). The first-order chi connectivity index (χ1) is 11.1. The molecule has 2 aromatic rings. The summed E-state index contributed by atoms with van der Waals surface area (Å²) >= 11 is 0. The topological polar surface area (TPSA) is 72.6 Å². The number of methoxy groups -OCH3 is 1. The number of pyridine rings is 1. The quantitative estimate of drug-likeness (QED) is 0.811. The maximum Gasteiger partial charge on any atom is 0.245 e. The number of furan rings is 1. The molecule has 1 fully saturated rings. The summed E-state index contributed by atoms with van der Waals surface area (Å²) in [4.78, 5) is 4.20. The molecule has 0 N–H and O–H groups in total. The van der Waals surface area contributed by atoms with Crippen molar-refractivity contribution in [1.82, 2.24) is 9.29 Å². The molecule has 0 amide bonds. The number of rotatable bonds is 6. The molecule has 1 saturated carbocycles.